The Balaban J connectivity index is 1.63. The number of hydrogen-bond donors (Lipinski definition) is 1. The van der Waals surface area contributed by atoms with Gasteiger partial charge in [-0.25, -0.2) is 0 Å². The van der Waals surface area contributed by atoms with Gasteiger partial charge in [-0.15, -0.1) is 10.2 Å². The van der Waals surface area contributed by atoms with E-state index >= 15 is 0 Å². The van der Waals surface area contributed by atoms with Crippen molar-refractivity contribution in [1.82, 2.24) is 14.8 Å². The first kappa shape index (κ1) is 21.4. The van der Waals surface area contributed by atoms with Crippen LogP contribution in [0.2, 0.25) is 10.0 Å². The molecule has 0 saturated carbocycles. The first-order valence-electron chi connectivity index (χ1n) is 8.86. The number of anilines is 1. The lowest BCUT2D eigenvalue weighted by Crippen LogP contribution is -2.18. The molecule has 0 radical (unpaired) electrons. The zero-order valence-electron chi connectivity index (χ0n) is 15.6. The van der Waals surface area contributed by atoms with Crippen LogP contribution in [0.5, 0.6) is 0 Å². The summed E-state index contributed by atoms with van der Waals surface area (Å²) in [7, 11) is 0. The van der Waals surface area contributed by atoms with E-state index in [0.717, 1.165) is 0 Å². The lowest BCUT2D eigenvalue weighted by atomic mass is 10.1. The molecule has 1 aromatic heterocycles. The number of carbonyl (C=O) groups is 2. The second-order valence-corrected chi connectivity index (χ2v) is 7.85. The molecule has 0 saturated heterocycles. The van der Waals surface area contributed by atoms with Crippen molar-refractivity contribution in [3.8, 4) is 0 Å². The van der Waals surface area contributed by atoms with E-state index in [1.807, 2.05) is 11.5 Å². The van der Waals surface area contributed by atoms with Crippen LogP contribution in [0.1, 0.15) is 23.1 Å². The van der Waals surface area contributed by atoms with Crippen LogP contribution < -0.4 is 5.32 Å². The Hall–Kier alpha value is -2.35. The molecule has 1 amide bonds. The molecular formula is C20H18Cl2N4O2S. The molecule has 150 valence electrons. The maximum atomic E-state index is 12.4. The third-order valence-electron chi connectivity index (χ3n) is 4.07. The monoisotopic (exact) mass is 448 g/mol. The molecule has 0 unspecified atom stereocenters. The summed E-state index contributed by atoms with van der Waals surface area (Å²) in [6.07, 6.45) is 0.0533. The van der Waals surface area contributed by atoms with Crippen LogP contribution in [0.25, 0.3) is 0 Å². The van der Waals surface area contributed by atoms with Crippen LogP contribution in [0.15, 0.2) is 53.7 Å². The molecule has 0 bridgehead atoms. The van der Waals surface area contributed by atoms with E-state index in [9.17, 15) is 9.59 Å². The Bertz CT molecular complexity index is 1020. The fourth-order valence-corrected chi connectivity index (χ4v) is 3.85. The summed E-state index contributed by atoms with van der Waals surface area (Å²) < 4.78 is 1.83. The molecule has 0 fully saturated rings. The Morgan fingerprint density at radius 2 is 1.79 bits per heavy atom. The van der Waals surface area contributed by atoms with E-state index in [1.54, 1.807) is 48.5 Å². The van der Waals surface area contributed by atoms with E-state index in [4.69, 9.17) is 23.2 Å². The Morgan fingerprint density at radius 1 is 1.07 bits per heavy atom. The molecule has 0 atom stereocenters. The number of ketones is 1. The predicted molar refractivity (Wildman–Crippen MR) is 116 cm³/mol. The van der Waals surface area contributed by atoms with Gasteiger partial charge in [-0.1, -0.05) is 47.1 Å². The molecule has 29 heavy (non-hydrogen) atoms. The van der Waals surface area contributed by atoms with Crippen LogP contribution in [-0.4, -0.2) is 32.2 Å². The highest BCUT2D eigenvalue weighted by molar-refractivity contribution is 7.99. The van der Waals surface area contributed by atoms with Gasteiger partial charge in [0.1, 0.15) is 5.82 Å². The summed E-state index contributed by atoms with van der Waals surface area (Å²) in [6, 6.07) is 13.8. The van der Waals surface area contributed by atoms with Gasteiger partial charge in [-0.3, -0.25) is 9.59 Å². The zero-order valence-corrected chi connectivity index (χ0v) is 17.9. The van der Waals surface area contributed by atoms with Gasteiger partial charge < -0.3 is 9.88 Å². The zero-order chi connectivity index (χ0) is 20.8. The van der Waals surface area contributed by atoms with Crippen molar-refractivity contribution in [2.45, 2.75) is 25.0 Å². The SMILES string of the molecule is CCn1c(CC(=O)Nc2ccccc2Cl)nnc1SCC(=O)c1ccc(Cl)cc1. The largest absolute Gasteiger partial charge is 0.324 e. The molecule has 6 nitrogen and oxygen atoms in total. The number of aromatic nitrogens is 3. The van der Waals surface area contributed by atoms with Gasteiger partial charge in [0.05, 0.1) is 22.9 Å². The predicted octanol–water partition coefficient (Wildman–Crippen LogP) is 4.76. The molecule has 3 rings (SSSR count). The first-order chi connectivity index (χ1) is 14.0. The second kappa shape index (κ2) is 9.91. The highest BCUT2D eigenvalue weighted by Gasteiger charge is 2.17. The Kier molecular flexibility index (Phi) is 7.30. The number of Topliss-reactive ketones (excluding diaryl/α,β-unsaturated/α-hetero) is 1. The topological polar surface area (TPSA) is 76.9 Å². The average Bonchev–Trinajstić information content (AvgIpc) is 3.09. The molecule has 0 aliphatic rings. The fraction of sp³-hybridized carbons (Fsp3) is 0.200. The third kappa shape index (κ3) is 5.59. The van der Waals surface area contributed by atoms with Gasteiger partial charge in [-0.05, 0) is 43.3 Å². The standard InChI is InChI=1S/C20H18Cl2N4O2S/c1-2-26-18(11-19(28)23-16-6-4-3-5-15(16)22)24-25-20(26)29-12-17(27)13-7-9-14(21)10-8-13/h3-10H,2,11-12H2,1H3,(H,23,28). The summed E-state index contributed by atoms with van der Waals surface area (Å²) in [4.78, 5) is 24.7. The number of hydrogen-bond acceptors (Lipinski definition) is 5. The van der Waals surface area contributed by atoms with Gasteiger partial charge in [0.15, 0.2) is 10.9 Å². The van der Waals surface area contributed by atoms with Crippen molar-refractivity contribution in [3.05, 3.63) is 70.0 Å². The van der Waals surface area contributed by atoms with Crippen molar-refractivity contribution in [2.24, 2.45) is 0 Å². The van der Waals surface area contributed by atoms with Gasteiger partial charge in [0, 0.05) is 17.1 Å². The summed E-state index contributed by atoms with van der Waals surface area (Å²) in [5.41, 5.74) is 1.13. The van der Waals surface area contributed by atoms with Gasteiger partial charge in [-0.2, -0.15) is 0 Å². The number of carbonyl (C=O) groups excluding carboxylic acids is 2. The number of amides is 1. The Morgan fingerprint density at radius 3 is 2.48 bits per heavy atom. The van der Waals surface area contributed by atoms with E-state index in [0.29, 0.717) is 38.8 Å². The Labute approximate surface area is 182 Å². The molecule has 2 aromatic carbocycles. The van der Waals surface area contributed by atoms with E-state index in [1.165, 1.54) is 11.8 Å². The van der Waals surface area contributed by atoms with E-state index in [-0.39, 0.29) is 23.9 Å². The maximum absolute atomic E-state index is 12.4. The molecular weight excluding hydrogens is 431 g/mol. The van der Waals surface area contributed by atoms with E-state index in [2.05, 4.69) is 15.5 Å². The molecule has 1 N–H and O–H groups in total. The van der Waals surface area contributed by atoms with Crippen molar-refractivity contribution < 1.29 is 9.59 Å². The number of rotatable bonds is 8. The quantitative estimate of drug-likeness (QED) is 0.396. The van der Waals surface area contributed by atoms with Crippen molar-refractivity contribution in [1.29, 1.82) is 0 Å². The van der Waals surface area contributed by atoms with Crippen LogP contribution in [-0.2, 0) is 17.8 Å². The normalized spacial score (nSPS) is 10.7. The lowest BCUT2D eigenvalue weighted by Gasteiger charge is -2.09. The van der Waals surface area contributed by atoms with Crippen LogP contribution in [0.4, 0.5) is 5.69 Å². The van der Waals surface area contributed by atoms with Crippen molar-refractivity contribution in [2.75, 3.05) is 11.1 Å². The molecule has 1 heterocycles. The van der Waals surface area contributed by atoms with Crippen molar-refractivity contribution in [3.63, 3.8) is 0 Å². The third-order valence-corrected chi connectivity index (χ3v) is 5.62. The number of halogens is 2. The van der Waals surface area contributed by atoms with Gasteiger partial charge in [0.2, 0.25) is 5.91 Å². The summed E-state index contributed by atoms with van der Waals surface area (Å²) in [6.45, 7) is 2.52. The molecule has 0 aliphatic carbocycles. The minimum absolute atomic E-state index is 0.0321. The summed E-state index contributed by atoms with van der Waals surface area (Å²) in [5, 5.41) is 12.7. The summed E-state index contributed by atoms with van der Waals surface area (Å²) >= 11 is 13.2. The average molecular weight is 449 g/mol. The highest BCUT2D eigenvalue weighted by atomic mass is 35.5. The lowest BCUT2D eigenvalue weighted by molar-refractivity contribution is -0.115. The molecule has 0 spiro atoms. The summed E-state index contributed by atoms with van der Waals surface area (Å²) in [5.74, 6) is 0.466. The maximum Gasteiger partial charge on any atom is 0.232 e. The van der Waals surface area contributed by atoms with Crippen molar-refractivity contribution >= 4 is 52.3 Å². The molecule has 9 heteroatoms. The minimum Gasteiger partial charge on any atom is -0.324 e. The molecule has 0 aliphatic heterocycles. The smallest absolute Gasteiger partial charge is 0.232 e. The van der Waals surface area contributed by atoms with Crippen LogP contribution >= 0.6 is 35.0 Å². The number of benzene rings is 2. The number of para-hydroxylation sites is 1. The number of nitrogens with one attached hydrogen (secondary N) is 1. The van der Waals surface area contributed by atoms with Gasteiger partial charge in [0.25, 0.3) is 0 Å². The highest BCUT2D eigenvalue weighted by Crippen LogP contribution is 2.22. The van der Waals surface area contributed by atoms with Crippen LogP contribution in [0, 0.1) is 0 Å². The van der Waals surface area contributed by atoms with Crippen LogP contribution in [0.3, 0.4) is 0 Å². The fourth-order valence-electron chi connectivity index (χ4n) is 2.62. The first-order valence-corrected chi connectivity index (χ1v) is 10.6. The van der Waals surface area contributed by atoms with Gasteiger partial charge >= 0.3 is 0 Å². The van der Waals surface area contributed by atoms with E-state index < -0.39 is 0 Å². The second-order valence-electron chi connectivity index (χ2n) is 6.07. The number of nitrogens with zero attached hydrogens (tertiary/aromatic N) is 3. The number of thioether (sulfide) groups is 1. The minimum atomic E-state index is -0.242. The molecule has 3 aromatic rings.